The van der Waals surface area contributed by atoms with Crippen LogP contribution < -0.4 is 10.2 Å². The lowest BCUT2D eigenvalue weighted by Crippen LogP contribution is -2.48. The Hall–Kier alpha value is -4.10. The molecule has 5 N–H and O–H groups in total. The van der Waals surface area contributed by atoms with Crippen LogP contribution in [0.15, 0.2) is 67.0 Å². The predicted molar refractivity (Wildman–Crippen MR) is 163 cm³/mol. The summed E-state index contributed by atoms with van der Waals surface area (Å²) in [5.41, 5.74) is 3.04. The van der Waals surface area contributed by atoms with Crippen molar-refractivity contribution >= 4 is 28.9 Å². The molecular weight excluding hydrogens is 564 g/mol. The van der Waals surface area contributed by atoms with Gasteiger partial charge < -0.3 is 35.4 Å². The molecule has 6 atom stereocenters. The Morgan fingerprint density at radius 3 is 2.32 bits per heavy atom. The Balaban J connectivity index is 1.43. The largest absolute Gasteiger partial charge is 0.481 e. The number of anilines is 2. The van der Waals surface area contributed by atoms with Gasteiger partial charge in [-0.3, -0.25) is 9.36 Å². The van der Waals surface area contributed by atoms with Crippen molar-refractivity contribution in [1.29, 1.82) is 0 Å². The number of nitrogens with zero attached hydrogens (tertiary/aromatic N) is 5. The fourth-order valence-corrected chi connectivity index (χ4v) is 6.55. The van der Waals surface area contributed by atoms with Gasteiger partial charge in [0.05, 0.1) is 18.9 Å². The van der Waals surface area contributed by atoms with Gasteiger partial charge in [-0.1, -0.05) is 67.6 Å². The Morgan fingerprint density at radius 1 is 1.05 bits per heavy atom. The minimum Gasteiger partial charge on any atom is -0.481 e. The average molecular weight is 603 g/mol. The normalized spacial score (nSPS) is 25.5. The number of fused-ring (bicyclic) bond motifs is 1. The third-order valence-corrected chi connectivity index (χ3v) is 8.85. The van der Waals surface area contributed by atoms with E-state index in [4.69, 9.17) is 14.7 Å². The number of aromatic nitrogens is 4. The van der Waals surface area contributed by atoms with E-state index < -0.39 is 43.0 Å². The van der Waals surface area contributed by atoms with Gasteiger partial charge in [-0.2, -0.15) is 9.97 Å². The van der Waals surface area contributed by atoms with Crippen LogP contribution >= 0.6 is 0 Å². The molecule has 0 bridgehead atoms. The molecule has 0 saturated carbocycles. The second-order valence-electron chi connectivity index (χ2n) is 11.4. The van der Waals surface area contributed by atoms with Crippen molar-refractivity contribution < 1.29 is 30.0 Å². The summed E-state index contributed by atoms with van der Waals surface area (Å²) in [6.45, 7) is 2.57. The van der Waals surface area contributed by atoms with E-state index in [2.05, 4.69) is 34.6 Å². The number of carboxylic acids is 1. The van der Waals surface area contributed by atoms with E-state index in [1.54, 1.807) is 4.57 Å². The molecule has 4 heterocycles. The first-order valence-electron chi connectivity index (χ1n) is 15.1. The Kier molecular flexibility index (Phi) is 8.76. The van der Waals surface area contributed by atoms with Crippen molar-refractivity contribution in [3.63, 3.8) is 0 Å². The highest BCUT2D eigenvalue weighted by Gasteiger charge is 2.44. The van der Waals surface area contributed by atoms with Crippen LogP contribution in [-0.2, 0) is 9.53 Å². The standard InChI is InChI=1S/C32H38N6O6/c1-2-23-21(31(42)43)14-9-15-37(23)32-35-28(33-16-22(19-10-5-3-6-11-19)20-12-7-4-8-13-20)25-29(36-32)38(18-34-25)30-27(41)26(40)24(17-39)44-30/h3-8,10-13,18,21-24,26-27,30,39-41H,2,9,14-17H2,1H3,(H,42,43)(H,33,35,36)/t21?,23-,24-,26-,27-,30-/m1/s1. The molecule has 2 aromatic heterocycles. The fourth-order valence-electron chi connectivity index (χ4n) is 6.55. The highest BCUT2D eigenvalue weighted by atomic mass is 16.6. The molecule has 2 fully saturated rings. The first-order valence-corrected chi connectivity index (χ1v) is 15.1. The van der Waals surface area contributed by atoms with Gasteiger partial charge in [0.1, 0.15) is 18.3 Å². The van der Waals surface area contributed by atoms with Gasteiger partial charge in [0.2, 0.25) is 5.95 Å². The molecule has 1 unspecified atom stereocenters. The summed E-state index contributed by atoms with van der Waals surface area (Å²) in [6, 6.07) is 20.0. The molecule has 6 rings (SSSR count). The number of hydrogen-bond acceptors (Lipinski definition) is 10. The summed E-state index contributed by atoms with van der Waals surface area (Å²) in [7, 11) is 0. The van der Waals surface area contributed by atoms with Gasteiger partial charge >= 0.3 is 5.97 Å². The van der Waals surface area contributed by atoms with E-state index >= 15 is 0 Å². The van der Waals surface area contributed by atoms with Crippen LogP contribution in [0.1, 0.15) is 49.5 Å². The minimum atomic E-state index is -1.32. The topological polar surface area (TPSA) is 166 Å². The quantitative estimate of drug-likeness (QED) is 0.181. The molecule has 0 aliphatic carbocycles. The zero-order valence-electron chi connectivity index (χ0n) is 24.5. The van der Waals surface area contributed by atoms with Crippen LogP contribution in [0.25, 0.3) is 11.2 Å². The molecule has 4 aromatic rings. The summed E-state index contributed by atoms with van der Waals surface area (Å²) < 4.78 is 7.36. The number of carboxylic acid groups (broad SMARTS) is 1. The smallest absolute Gasteiger partial charge is 0.308 e. The van der Waals surface area contributed by atoms with Gasteiger partial charge in [-0.25, -0.2) is 4.98 Å². The number of hydrogen-bond donors (Lipinski definition) is 5. The van der Waals surface area contributed by atoms with E-state index in [1.807, 2.05) is 48.2 Å². The molecule has 0 amide bonds. The van der Waals surface area contributed by atoms with E-state index in [0.29, 0.717) is 55.3 Å². The first kappa shape index (κ1) is 29.9. The number of aliphatic carboxylic acids is 1. The number of nitrogens with one attached hydrogen (secondary N) is 1. The number of aliphatic hydroxyl groups is 3. The van der Waals surface area contributed by atoms with Crippen molar-refractivity contribution in [2.75, 3.05) is 29.9 Å². The molecule has 12 nitrogen and oxygen atoms in total. The summed E-state index contributed by atoms with van der Waals surface area (Å²) in [4.78, 5) is 28.5. The highest BCUT2D eigenvalue weighted by Crippen LogP contribution is 2.36. The van der Waals surface area contributed by atoms with Crippen molar-refractivity contribution in [3.8, 4) is 0 Å². The van der Waals surface area contributed by atoms with E-state index in [9.17, 15) is 25.2 Å². The van der Waals surface area contributed by atoms with Gasteiger partial charge in [0.25, 0.3) is 0 Å². The van der Waals surface area contributed by atoms with Crippen LogP contribution in [0, 0.1) is 5.92 Å². The monoisotopic (exact) mass is 602 g/mol. The SMILES string of the molecule is CC[C@@H]1C(C(=O)O)CCCN1c1nc(NCC(c2ccccc2)c2ccccc2)c2ncn([C@@H]3O[C@H](CO)[C@@H](O)[C@H]3O)c2n1. The maximum Gasteiger partial charge on any atom is 0.308 e. The summed E-state index contributed by atoms with van der Waals surface area (Å²) in [5.74, 6) is -0.605. The fraction of sp³-hybridized carbons (Fsp3) is 0.438. The predicted octanol–water partition coefficient (Wildman–Crippen LogP) is 2.76. The summed E-state index contributed by atoms with van der Waals surface area (Å²) in [6.07, 6.45) is -1.29. The van der Waals surface area contributed by atoms with Crippen LogP contribution in [0.4, 0.5) is 11.8 Å². The molecular formula is C32H38N6O6. The van der Waals surface area contributed by atoms with E-state index in [-0.39, 0.29) is 12.0 Å². The van der Waals surface area contributed by atoms with Crippen molar-refractivity contribution in [1.82, 2.24) is 19.5 Å². The molecule has 2 aliphatic rings. The molecule has 2 aliphatic heterocycles. The van der Waals surface area contributed by atoms with E-state index in [1.165, 1.54) is 6.33 Å². The van der Waals surface area contributed by atoms with Crippen LogP contribution in [0.5, 0.6) is 0 Å². The maximum atomic E-state index is 12.2. The van der Waals surface area contributed by atoms with Crippen molar-refractivity contribution in [3.05, 3.63) is 78.1 Å². The molecule has 2 aromatic carbocycles. The maximum absolute atomic E-state index is 12.2. The Labute approximate surface area is 255 Å². The average Bonchev–Trinajstić information content (AvgIpc) is 3.61. The number of aliphatic hydroxyl groups excluding tert-OH is 3. The molecule has 2 saturated heterocycles. The number of imidazole rings is 1. The number of benzene rings is 2. The molecule has 232 valence electrons. The van der Waals surface area contributed by atoms with Gasteiger partial charge in [0.15, 0.2) is 23.2 Å². The number of piperidine rings is 1. The van der Waals surface area contributed by atoms with Crippen molar-refractivity contribution in [2.24, 2.45) is 5.92 Å². The number of ether oxygens (including phenoxy) is 1. The van der Waals surface area contributed by atoms with Gasteiger partial charge in [-0.05, 0) is 30.4 Å². The Morgan fingerprint density at radius 2 is 1.73 bits per heavy atom. The zero-order valence-corrected chi connectivity index (χ0v) is 24.5. The van der Waals surface area contributed by atoms with Crippen LogP contribution in [0.2, 0.25) is 0 Å². The number of rotatable bonds is 10. The lowest BCUT2D eigenvalue weighted by atomic mass is 9.88. The van der Waals surface area contributed by atoms with Crippen molar-refractivity contribution in [2.45, 2.75) is 62.7 Å². The third kappa shape index (κ3) is 5.61. The van der Waals surface area contributed by atoms with Gasteiger partial charge in [-0.15, -0.1) is 0 Å². The third-order valence-electron chi connectivity index (χ3n) is 8.85. The lowest BCUT2D eigenvalue weighted by Gasteiger charge is -2.39. The first-order chi connectivity index (χ1) is 21.4. The summed E-state index contributed by atoms with van der Waals surface area (Å²) >= 11 is 0. The van der Waals surface area contributed by atoms with Gasteiger partial charge in [0, 0.05) is 25.0 Å². The second kappa shape index (κ2) is 12.9. The molecule has 12 heteroatoms. The minimum absolute atomic E-state index is 0.0110. The lowest BCUT2D eigenvalue weighted by molar-refractivity contribution is -0.143. The highest BCUT2D eigenvalue weighted by molar-refractivity contribution is 5.85. The molecule has 0 radical (unpaired) electrons. The summed E-state index contributed by atoms with van der Waals surface area (Å²) in [5, 5.41) is 44.4. The van der Waals surface area contributed by atoms with Crippen LogP contribution in [-0.4, -0.2) is 90.0 Å². The Bertz CT molecular complexity index is 1530. The van der Waals surface area contributed by atoms with Crippen LogP contribution in [0.3, 0.4) is 0 Å². The number of carbonyl (C=O) groups is 1. The molecule has 0 spiro atoms. The second-order valence-corrected chi connectivity index (χ2v) is 11.4. The zero-order chi connectivity index (χ0) is 30.8. The molecule has 44 heavy (non-hydrogen) atoms. The van der Waals surface area contributed by atoms with E-state index in [0.717, 1.165) is 11.1 Å².